The van der Waals surface area contributed by atoms with Crippen molar-refractivity contribution in [1.82, 2.24) is 19.1 Å². The van der Waals surface area contributed by atoms with Gasteiger partial charge in [-0.2, -0.15) is 0 Å². The van der Waals surface area contributed by atoms with Gasteiger partial charge in [0, 0.05) is 49.2 Å². The minimum absolute atomic E-state index is 0. The molecule has 55 heavy (non-hydrogen) atoms. The van der Waals surface area contributed by atoms with E-state index in [1.54, 1.807) is 0 Å². The van der Waals surface area contributed by atoms with E-state index in [-0.39, 0.29) is 37.6 Å². The quantitative estimate of drug-likeness (QED) is 0.179. The number of pyridine rings is 2. The molecule has 9 rings (SSSR count). The Balaban J connectivity index is 0.00000427. The summed E-state index contributed by atoms with van der Waals surface area (Å²) in [5.74, 6) is 1.06. The normalized spacial score (nSPS) is 12.2. The van der Waals surface area contributed by atoms with Crippen molar-refractivity contribution in [2.24, 2.45) is 0 Å². The van der Waals surface area contributed by atoms with Crippen LogP contribution in [0.2, 0.25) is 0 Å². The molecule has 5 nitrogen and oxygen atoms in total. The summed E-state index contributed by atoms with van der Waals surface area (Å²) >= 11 is 0. The molecule has 0 aliphatic carbocycles. The molecule has 6 heteroatoms. The van der Waals surface area contributed by atoms with E-state index in [4.69, 9.17) is 9.97 Å². The fourth-order valence-electron chi connectivity index (χ4n) is 7.95. The van der Waals surface area contributed by atoms with Gasteiger partial charge in [-0.25, -0.2) is 4.98 Å². The van der Waals surface area contributed by atoms with Gasteiger partial charge in [0.1, 0.15) is 5.82 Å². The second-order valence-electron chi connectivity index (χ2n) is 16.5. The number of aryl methyl sites for hydroxylation is 1. The number of phenolic OH excluding ortho intramolecular Hbond substituents is 1. The van der Waals surface area contributed by atoms with Crippen molar-refractivity contribution in [1.29, 1.82) is 0 Å². The fraction of sp³-hybridized carbons (Fsp3) is 0.184. The predicted molar refractivity (Wildman–Crippen MR) is 224 cm³/mol. The number of benzene rings is 5. The van der Waals surface area contributed by atoms with Gasteiger partial charge >= 0.3 is 0 Å². The first-order valence-electron chi connectivity index (χ1n) is 18.7. The Hall–Kier alpha value is -5.51. The van der Waals surface area contributed by atoms with Crippen LogP contribution in [0, 0.1) is 13.0 Å². The minimum atomic E-state index is -0.211. The van der Waals surface area contributed by atoms with Crippen LogP contribution < -0.4 is 0 Å². The van der Waals surface area contributed by atoms with Crippen LogP contribution in [0.15, 0.2) is 128 Å². The van der Waals surface area contributed by atoms with E-state index in [0.29, 0.717) is 0 Å². The van der Waals surface area contributed by atoms with Gasteiger partial charge in [0.25, 0.3) is 0 Å². The number of aromatic hydroxyl groups is 1. The van der Waals surface area contributed by atoms with Crippen molar-refractivity contribution in [3.63, 3.8) is 0 Å². The summed E-state index contributed by atoms with van der Waals surface area (Å²) in [7, 11) is 0. The minimum Gasteiger partial charge on any atom is -0.517 e. The molecular weight excluding hydrogens is 856 g/mol. The Morgan fingerprint density at radius 2 is 1.27 bits per heavy atom. The molecule has 0 unspecified atom stereocenters. The molecule has 0 aliphatic heterocycles. The molecule has 0 bridgehead atoms. The van der Waals surface area contributed by atoms with Crippen molar-refractivity contribution in [2.75, 3.05) is 0 Å². The summed E-state index contributed by atoms with van der Waals surface area (Å²) in [6, 6.07) is 46.4. The summed E-state index contributed by atoms with van der Waals surface area (Å²) in [6.07, 6.45) is 1.87. The van der Waals surface area contributed by atoms with Crippen molar-refractivity contribution >= 4 is 43.6 Å². The summed E-state index contributed by atoms with van der Waals surface area (Å²) in [6.45, 7) is 15.4. The van der Waals surface area contributed by atoms with Crippen LogP contribution in [0.1, 0.15) is 58.2 Å². The molecule has 0 aliphatic rings. The zero-order valence-corrected chi connectivity index (χ0v) is 34.4. The molecule has 0 amide bonds. The first kappa shape index (κ1) is 36.5. The van der Waals surface area contributed by atoms with Gasteiger partial charge in [0.05, 0.1) is 28.2 Å². The Kier molecular flexibility index (Phi) is 8.85. The largest absolute Gasteiger partial charge is 0.517 e. The second kappa shape index (κ2) is 13.4. The maximum absolute atomic E-state index is 11.4. The Labute approximate surface area is 336 Å². The number of fused-ring (bicyclic) bond motifs is 6. The molecule has 4 aromatic heterocycles. The summed E-state index contributed by atoms with van der Waals surface area (Å²) in [5.41, 5.74) is 11.5. The van der Waals surface area contributed by atoms with Crippen molar-refractivity contribution in [2.45, 2.75) is 59.3 Å². The molecule has 276 valence electrons. The van der Waals surface area contributed by atoms with Crippen molar-refractivity contribution < 1.29 is 26.2 Å². The standard InChI is InChI=1S/C49H43N4O.Pt/c1-30-14-12-17-35(47(30)54)36-29-45-38(28-39(36)49(5,6)7)37-26-31(48(2,3)4)22-23-44(37)53(45)46-21-13-18-40(51-46)41-27-32(24-25-50-41)52-42-19-10-8-15-33(42)34-16-9-11-20-43(34)52;/h8-28,54H,1-7H3;/q-1;. The van der Waals surface area contributed by atoms with Crippen LogP contribution in [-0.2, 0) is 31.9 Å². The van der Waals surface area contributed by atoms with E-state index in [1.165, 1.54) is 16.3 Å². The third-order valence-electron chi connectivity index (χ3n) is 10.8. The van der Waals surface area contributed by atoms with E-state index < -0.39 is 0 Å². The maximum atomic E-state index is 11.4. The average Bonchev–Trinajstić information content (AvgIpc) is 3.67. The molecule has 0 atom stereocenters. The zero-order chi connectivity index (χ0) is 37.5. The van der Waals surface area contributed by atoms with Gasteiger partial charge in [-0.1, -0.05) is 125 Å². The molecule has 5 aromatic carbocycles. The molecule has 0 saturated carbocycles. The number of phenols is 1. The van der Waals surface area contributed by atoms with E-state index in [1.807, 2.05) is 37.4 Å². The summed E-state index contributed by atoms with van der Waals surface area (Å²) < 4.78 is 4.53. The second-order valence-corrected chi connectivity index (χ2v) is 16.5. The van der Waals surface area contributed by atoms with Crippen LogP contribution >= 0.6 is 0 Å². The third-order valence-corrected chi connectivity index (χ3v) is 10.8. The van der Waals surface area contributed by atoms with Gasteiger partial charge in [0.2, 0.25) is 0 Å². The van der Waals surface area contributed by atoms with Gasteiger partial charge in [0.15, 0.2) is 0 Å². The van der Waals surface area contributed by atoms with E-state index in [0.717, 1.165) is 78.0 Å². The van der Waals surface area contributed by atoms with Crippen LogP contribution in [0.5, 0.6) is 5.75 Å². The SMILES string of the molecule is Cc1cccc(-c2[c-]c3c(cc2C(C)(C)C)c2cc(C(C)(C)C)ccc2n3-c2cccc(-c3cc(-n4c5ccccc5c5ccccc54)ccn3)n2)c1O.[Pt]. The Bertz CT molecular complexity index is 2880. The van der Waals surface area contributed by atoms with E-state index >= 15 is 0 Å². The summed E-state index contributed by atoms with van der Waals surface area (Å²) in [4.78, 5) is 10.2. The first-order chi connectivity index (χ1) is 25.9. The van der Waals surface area contributed by atoms with Gasteiger partial charge in [-0.05, 0) is 82.2 Å². The van der Waals surface area contributed by atoms with Crippen LogP contribution in [0.4, 0.5) is 0 Å². The van der Waals surface area contributed by atoms with Crippen LogP contribution in [0.3, 0.4) is 0 Å². The van der Waals surface area contributed by atoms with Crippen molar-refractivity contribution in [3.05, 3.63) is 150 Å². The van der Waals surface area contributed by atoms with E-state index in [2.05, 4.69) is 154 Å². The molecule has 4 heterocycles. The van der Waals surface area contributed by atoms with Crippen molar-refractivity contribution in [3.8, 4) is 39.8 Å². The molecular formula is C49H43N4OPt-. The van der Waals surface area contributed by atoms with Gasteiger partial charge in [-0.15, -0.1) is 23.3 Å². The number of rotatable bonds is 4. The molecule has 0 radical (unpaired) electrons. The smallest absolute Gasteiger partial charge is 0.136 e. The van der Waals surface area contributed by atoms with E-state index in [9.17, 15) is 5.11 Å². The molecule has 0 spiro atoms. The number of aromatic nitrogens is 4. The maximum Gasteiger partial charge on any atom is 0.136 e. The molecule has 1 N–H and O–H groups in total. The zero-order valence-electron chi connectivity index (χ0n) is 32.2. The van der Waals surface area contributed by atoms with Gasteiger partial charge in [-0.3, -0.25) is 4.98 Å². The summed E-state index contributed by atoms with van der Waals surface area (Å²) in [5, 5.41) is 16.1. The molecule has 0 saturated heterocycles. The van der Waals surface area contributed by atoms with Crippen LogP contribution in [0.25, 0.3) is 77.6 Å². The Morgan fingerprint density at radius 1 is 0.600 bits per heavy atom. The van der Waals surface area contributed by atoms with Gasteiger partial charge < -0.3 is 14.2 Å². The fourth-order valence-corrected chi connectivity index (χ4v) is 7.95. The monoisotopic (exact) mass is 898 g/mol. The van der Waals surface area contributed by atoms with Crippen LogP contribution in [-0.4, -0.2) is 24.2 Å². The molecule has 0 fully saturated rings. The average molecular weight is 899 g/mol. The first-order valence-corrected chi connectivity index (χ1v) is 18.7. The Morgan fingerprint density at radius 3 is 1.96 bits per heavy atom. The molecule has 9 aromatic rings. The predicted octanol–water partition coefficient (Wildman–Crippen LogP) is 12.4. The number of para-hydroxylation sites is 3. The number of nitrogens with zero attached hydrogens (tertiary/aromatic N) is 4. The number of hydrogen-bond donors (Lipinski definition) is 1. The third kappa shape index (κ3) is 6.06. The topological polar surface area (TPSA) is 55.9 Å². The number of hydrogen-bond acceptors (Lipinski definition) is 3.